The lowest BCUT2D eigenvalue weighted by atomic mass is 10.2. The largest absolute Gasteiger partial charge is 0.486 e. The molecular formula is C17H25IN4O3. The van der Waals surface area contributed by atoms with E-state index in [4.69, 9.17) is 9.47 Å². The van der Waals surface area contributed by atoms with Crippen molar-refractivity contribution >= 4 is 35.8 Å². The van der Waals surface area contributed by atoms with Crippen LogP contribution < -0.4 is 25.4 Å². The minimum absolute atomic E-state index is 0. The van der Waals surface area contributed by atoms with Crippen molar-refractivity contribution in [3.8, 4) is 11.5 Å². The number of hydrogen-bond acceptors (Lipinski definition) is 4. The summed E-state index contributed by atoms with van der Waals surface area (Å²) in [7, 11) is 0. The van der Waals surface area contributed by atoms with E-state index in [1.807, 2.05) is 31.2 Å². The highest BCUT2D eigenvalue weighted by Gasteiger charge is 2.23. The molecule has 0 radical (unpaired) electrons. The number of halogens is 1. The van der Waals surface area contributed by atoms with Gasteiger partial charge in [0.05, 0.1) is 6.54 Å². The van der Waals surface area contributed by atoms with E-state index in [-0.39, 0.29) is 42.5 Å². The van der Waals surface area contributed by atoms with Crippen molar-refractivity contribution in [3.63, 3.8) is 0 Å². The first-order chi connectivity index (χ1) is 11.7. The van der Waals surface area contributed by atoms with Gasteiger partial charge < -0.3 is 25.4 Å². The third kappa shape index (κ3) is 6.26. The summed E-state index contributed by atoms with van der Waals surface area (Å²) >= 11 is 0. The van der Waals surface area contributed by atoms with Crippen molar-refractivity contribution in [2.45, 2.75) is 31.9 Å². The maximum Gasteiger partial charge on any atom is 0.242 e. The molecule has 1 aromatic rings. The molecule has 0 saturated heterocycles. The number of nitrogens with one attached hydrogen (secondary N) is 3. The predicted octanol–water partition coefficient (Wildman–Crippen LogP) is 1.28. The molecule has 8 heteroatoms. The normalized spacial score (nSPS) is 18.8. The number of rotatable bonds is 6. The maximum absolute atomic E-state index is 11.7. The van der Waals surface area contributed by atoms with Crippen LogP contribution in [0.25, 0.3) is 0 Å². The Labute approximate surface area is 165 Å². The summed E-state index contributed by atoms with van der Waals surface area (Å²) in [4.78, 5) is 16.0. The van der Waals surface area contributed by atoms with E-state index in [0.29, 0.717) is 25.2 Å². The van der Waals surface area contributed by atoms with E-state index in [0.717, 1.165) is 30.9 Å². The second-order valence-electron chi connectivity index (χ2n) is 5.92. The Morgan fingerprint density at radius 2 is 2.00 bits per heavy atom. The van der Waals surface area contributed by atoms with E-state index in [1.165, 1.54) is 0 Å². The van der Waals surface area contributed by atoms with Crippen LogP contribution in [0.3, 0.4) is 0 Å². The molecule has 3 N–H and O–H groups in total. The standard InChI is InChI=1S/C17H24N4O3.HI/c1-2-18-17(20-10-16(22)21-12-7-8-12)19-9-13-11-23-14-5-3-4-6-15(14)24-13;/h3-6,12-13H,2,7-11H2,1H3,(H,21,22)(H2,18,19,20);1H. The highest BCUT2D eigenvalue weighted by molar-refractivity contribution is 14.0. The Hall–Kier alpha value is -1.71. The summed E-state index contributed by atoms with van der Waals surface area (Å²) in [6, 6.07) is 7.98. The summed E-state index contributed by atoms with van der Waals surface area (Å²) in [5, 5.41) is 9.25. The second-order valence-corrected chi connectivity index (χ2v) is 5.92. The number of amides is 1. The maximum atomic E-state index is 11.7. The van der Waals surface area contributed by atoms with Crippen molar-refractivity contribution in [1.82, 2.24) is 16.0 Å². The Morgan fingerprint density at radius 1 is 1.24 bits per heavy atom. The third-order valence-electron chi connectivity index (χ3n) is 3.73. The van der Waals surface area contributed by atoms with Crippen molar-refractivity contribution in [2.75, 3.05) is 26.2 Å². The zero-order valence-electron chi connectivity index (χ0n) is 14.3. The summed E-state index contributed by atoms with van der Waals surface area (Å²) in [6.45, 7) is 3.85. The second kappa shape index (κ2) is 9.69. The predicted molar refractivity (Wildman–Crippen MR) is 107 cm³/mol. The Bertz CT molecular complexity index is 607. The van der Waals surface area contributed by atoms with Crippen LogP contribution in [0.5, 0.6) is 11.5 Å². The van der Waals surface area contributed by atoms with Crippen LogP contribution in [0.2, 0.25) is 0 Å². The van der Waals surface area contributed by atoms with Gasteiger partial charge in [0.25, 0.3) is 0 Å². The molecular weight excluding hydrogens is 435 g/mol. The molecule has 0 aromatic heterocycles. The number of carbonyl (C=O) groups is 1. The van der Waals surface area contributed by atoms with Gasteiger partial charge in [0, 0.05) is 12.6 Å². The van der Waals surface area contributed by atoms with E-state index < -0.39 is 0 Å². The van der Waals surface area contributed by atoms with Crippen molar-refractivity contribution in [2.24, 2.45) is 4.99 Å². The van der Waals surface area contributed by atoms with Gasteiger partial charge in [-0.2, -0.15) is 0 Å². The summed E-state index contributed by atoms with van der Waals surface area (Å²) in [6.07, 6.45) is 2.05. The monoisotopic (exact) mass is 460 g/mol. The molecule has 7 nitrogen and oxygen atoms in total. The molecule has 1 fully saturated rings. The SMILES string of the molecule is CCNC(=NCC(=O)NC1CC1)NCC1COc2ccccc2O1.I. The van der Waals surface area contributed by atoms with E-state index in [1.54, 1.807) is 0 Å². The number of guanidine groups is 1. The minimum Gasteiger partial charge on any atom is -0.486 e. The zero-order valence-corrected chi connectivity index (χ0v) is 16.6. The van der Waals surface area contributed by atoms with Gasteiger partial charge in [-0.3, -0.25) is 4.79 Å². The topological polar surface area (TPSA) is 84.0 Å². The van der Waals surface area contributed by atoms with Crippen LogP contribution >= 0.6 is 24.0 Å². The van der Waals surface area contributed by atoms with Crippen molar-refractivity contribution in [3.05, 3.63) is 24.3 Å². The third-order valence-corrected chi connectivity index (χ3v) is 3.73. The highest BCUT2D eigenvalue weighted by Crippen LogP contribution is 2.30. The summed E-state index contributed by atoms with van der Waals surface area (Å²) in [5.41, 5.74) is 0. The molecule has 1 heterocycles. The minimum atomic E-state index is -0.107. The lowest BCUT2D eigenvalue weighted by molar-refractivity contribution is -0.119. The summed E-state index contributed by atoms with van der Waals surface area (Å²) < 4.78 is 11.6. The molecule has 1 saturated carbocycles. The number of nitrogens with zero attached hydrogens (tertiary/aromatic N) is 1. The van der Waals surface area contributed by atoms with Crippen LogP contribution in [0.15, 0.2) is 29.3 Å². The number of aliphatic imine (C=N–C) groups is 1. The van der Waals surface area contributed by atoms with Gasteiger partial charge >= 0.3 is 0 Å². The van der Waals surface area contributed by atoms with E-state index in [9.17, 15) is 4.79 Å². The van der Waals surface area contributed by atoms with Crippen LogP contribution in [0.1, 0.15) is 19.8 Å². The smallest absolute Gasteiger partial charge is 0.242 e. The summed E-state index contributed by atoms with van der Waals surface area (Å²) in [5.74, 6) is 2.08. The van der Waals surface area contributed by atoms with Crippen molar-refractivity contribution in [1.29, 1.82) is 0 Å². The van der Waals surface area contributed by atoms with Gasteiger partial charge in [0.15, 0.2) is 17.5 Å². The lowest BCUT2D eigenvalue weighted by Gasteiger charge is -2.27. The highest BCUT2D eigenvalue weighted by atomic mass is 127. The average molecular weight is 460 g/mol. The molecule has 1 aliphatic carbocycles. The molecule has 0 bridgehead atoms. The average Bonchev–Trinajstić information content (AvgIpc) is 3.41. The van der Waals surface area contributed by atoms with Crippen LogP contribution in [0, 0.1) is 0 Å². The number of para-hydroxylation sites is 2. The van der Waals surface area contributed by atoms with Gasteiger partial charge in [0.1, 0.15) is 19.3 Å². The van der Waals surface area contributed by atoms with Crippen LogP contribution in [0.4, 0.5) is 0 Å². The quantitative estimate of drug-likeness (QED) is 0.339. The molecule has 1 aromatic carbocycles. The molecule has 25 heavy (non-hydrogen) atoms. The number of fused-ring (bicyclic) bond motifs is 1. The van der Waals surface area contributed by atoms with Crippen LogP contribution in [-0.4, -0.2) is 50.3 Å². The zero-order chi connectivity index (χ0) is 16.8. The molecule has 3 rings (SSSR count). The number of benzene rings is 1. The van der Waals surface area contributed by atoms with Crippen LogP contribution in [-0.2, 0) is 4.79 Å². The molecule has 1 amide bonds. The van der Waals surface area contributed by atoms with Gasteiger partial charge in [-0.1, -0.05) is 12.1 Å². The fourth-order valence-electron chi connectivity index (χ4n) is 2.37. The first kappa shape index (κ1) is 19.6. The first-order valence-corrected chi connectivity index (χ1v) is 8.44. The fourth-order valence-corrected chi connectivity index (χ4v) is 2.37. The first-order valence-electron chi connectivity index (χ1n) is 8.44. The van der Waals surface area contributed by atoms with Gasteiger partial charge in [-0.05, 0) is 31.9 Å². The molecule has 1 aliphatic heterocycles. The number of hydrogen-bond donors (Lipinski definition) is 3. The Balaban J connectivity index is 0.00000225. The van der Waals surface area contributed by atoms with E-state index >= 15 is 0 Å². The molecule has 2 aliphatic rings. The lowest BCUT2D eigenvalue weighted by Crippen LogP contribution is -2.45. The van der Waals surface area contributed by atoms with Crippen molar-refractivity contribution < 1.29 is 14.3 Å². The molecule has 1 unspecified atom stereocenters. The van der Waals surface area contributed by atoms with Gasteiger partial charge in [-0.15, -0.1) is 24.0 Å². The molecule has 138 valence electrons. The van der Waals surface area contributed by atoms with Gasteiger partial charge in [0.2, 0.25) is 5.91 Å². The van der Waals surface area contributed by atoms with Gasteiger partial charge in [-0.25, -0.2) is 4.99 Å². The molecule has 1 atom stereocenters. The molecule has 0 spiro atoms. The van der Waals surface area contributed by atoms with E-state index in [2.05, 4.69) is 20.9 Å². The Kier molecular flexibility index (Phi) is 7.60. The number of ether oxygens (including phenoxy) is 2. The fraction of sp³-hybridized carbons (Fsp3) is 0.529. The Morgan fingerprint density at radius 3 is 2.72 bits per heavy atom. The number of carbonyl (C=O) groups excluding carboxylic acids is 1.